The zero-order valence-corrected chi connectivity index (χ0v) is 17.6. The first kappa shape index (κ1) is 23.1. The molecule has 0 saturated heterocycles. The van der Waals surface area contributed by atoms with Crippen LogP contribution in [0.2, 0.25) is 0 Å². The van der Waals surface area contributed by atoms with Crippen molar-refractivity contribution in [1.29, 1.82) is 0 Å². The van der Waals surface area contributed by atoms with E-state index in [0.717, 1.165) is 6.08 Å². The lowest BCUT2D eigenvalue weighted by Gasteiger charge is -2.27. The summed E-state index contributed by atoms with van der Waals surface area (Å²) in [7, 11) is 0. The smallest absolute Gasteiger partial charge is 0.331 e. The summed E-state index contributed by atoms with van der Waals surface area (Å²) in [6.07, 6.45) is 3.78. The van der Waals surface area contributed by atoms with E-state index < -0.39 is 42.1 Å². The third kappa shape index (κ3) is 5.75. The molecule has 9 nitrogen and oxygen atoms in total. The average molecular weight is 444 g/mol. The van der Waals surface area contributed by atoms with Crippen LogP contribution in [0.4, 0.5) is 0 Å². The predicted molar refractivity (Wildman–Crippen MR) is 110 cm³/mol. The standard InChI is InChI=1S/C23H24O9/c1-12(30-21(28)9-7-14-6-8-17(25)18(26)10-14)22(29)15-11-16(15)23(31-13(2)24)19-4-3-5-20(27)32-19/h3,5-10,12,15-16,19,23,25-26H,4,11H2,1-2H3/t12-,15+,16+,19-,23+/m1/s1. The first-order chi connectivity index (χ1) is 15.2. The molecule has 0 unspecified atom stereocenters. The van der Waals surface area contributed by atoms with Gasteiger partial charge in [-0.1, -0.05) is 12.1 Å². The van der Waals surface area contributed by atoms with Gasteiger partial charge in [0.15, 0.2) is 23.4 Å². The molecule has 170 valence electrons. The zero-order valence-electron chi connectivity index (χ0n) is 17.6. The molecule has 5 atom stereocenters. The molecule has 0 spiro atoms. The molecule has 1 fully saturated rings. The van der Waals surface area contributed by atoms with Crippen molar-refractivity contribution >= 4 is 29.8 Å². The maximum absolute atomic E-state index is 12.7. The highest BCUT2D eigenvalue weighted by molar-refractivity contribution is 5.93. The van der Waals surface area contributed by atoms with Crippen molar-refractivity contribution in [2.24, 2.45) is 11.8 Å². The Balaban J connectivity index is 1.57. The maximum atomic E-state index is 12.7. The molecule has 1 saturated carbocycles. The molecular formula is C23H24O9. The van der Waals surface area contributed by atoms with E-state index in [1.54, 1.807) is 6.08 Å². The summed E-state index contributed by atoms with van der Waals surface area (Å²) in [6, 6.07) is 4.04. The molecule has 1 heterocycles. The van der Waals surface area contributed by atoms with Gasteiger partial charge in [0.1, 0.15) is 12.2 Å². The van der Waals surface area contributed by atoms with Gasteiger partial charge in [0, 0.05) is 37.3 Å². The quantitative estimate of drug-likeness (QED) is 0.267. The fourth-order valence-corrected chi connectivity index (χ4v) is 3.65. The lowest BCUT2D eigenvalue weighted by atomic mass is 10.0. The number of Topliss-reactive ketones (excluding diaryl/α,β-unsaturated/α-hetero) is 1. The molecule has 2 aliphatic rings. The number of phenolic OH excluding ortho intramolecular Hbond substituents is 2. The maximum Gasteiger partial charge on any atom is 0.331 e. The van der Waals surface area contributed by atoms with E-state index in [0.29, 0.717) is 18.4 Å². The Kier molecular flexibility index (Phi) is 6.97. The predicted octanol–water partition coefficient (Wildman–Crippen LogP) is 2.05. The van der Waals surface area contributed by atoms with Crippen LogP contribution in [0.1, 0.15) is 32.3 Å². The van der Waals surface area contributed by atoms with E-state index >= 15 is 0 Å². The van der Waals surface area contributed by atoms with Crippen molar-refractivity contribution in [3.05, 3.63) is 42.0 Å². The number of cyclic esters (lactones) is 1. The monoisotopic (exact) mass is 444 g/mol. The summed E-state index contributed by atoms with van der Waals surface area (Å²) in [5, 5.41) is 18.8. The second kappa shape index (κ2) is 9.67. The fraction of sp³-hybridized carbons (Fsp3) is 0.391. The largest absolute Gasteiger partial charge is 0.504 e. The van der Waals surface area contributed by atoms with Crippen molar-refractivity contribution in [1.82, 2.24) is 0 Å². The van der Waals surface area contributed by atoms with Gasteiger partial charge in [0.05, 0.1) is 0 Å². The Hall–Kier alpha value is -3.62. The second-order valence-corrected chi connectivity index (χ2v) is 7.76. The Morgan fingerprint density at radius 2 is 1.94 bits per heavy atom. The molecular weight excluding hydrogens is 420 g/mol. The van der Waals surface area contributed by atoms with Crippen LogP contribution in [0.25, 0.3) is 6.08 Å². The molecule has 2 N–H and O–H groups in total. The van der Waals surface area contributed by atoms with Gasteiger partial charge in [0.25, 0.3) is 0 Å². The van der Waals surface area contributed by atoms with Gasteiger partial charge in [-0.3, -0.25) is 9.59 Å². The van der Waals surface area contributed by atoms with Gasteiger partial charge in [-0.15, -0.1) is 0 Å². The van der Waals surface area contributed by atoms with Gasteiger partial charge in [-0.25, -0.2) is 9.59 Å². The normalized spacial score (nSPS) is 23.8. The third-order valence-corrected chi connectivity index (χ3v) is 5.29. The lowest BCUT2D eigenvalue weighted by molar-refractivity contribution is -0.167. The number of hydrogen-bond acceptors (Lipinski definition) is 9. The van der Waals surface area contributed by atoms with E-state index in [9.17, 15) is 29.4 Å². The molecule has 0 bridgehead atoms. The van der Waals surface area contributed by atoms with Gasteiger partial charge in [0.2, 0.25) is 0 Å². The van der Waals surface area contributed by atoms with Crippen LogP contribution in [0.15, 0.2) is 36.4 Å². The van der Waals surface area contributed by atoms with Crippen LogP contribution in [0.3, 0.4) is 0 Å². The molecule has 0 aromatic heterocycles. The number of rotatable bonds is 8. The number of benzene rings is 1. The van der Waals surface area contributed by atoms with Gasteiger partial charge in [-0.2, -0.15) is 0 Å². The van der Waals surface area contributed by atoms with Gasteiger partial charge < -0.3 is 24.4 Å². The van der Waals surface area contributed by atoms with Crippen molar-refractivity contribution in [2.45, 2.75) is 45.0 Å². The summed E-state index contributed by atoms with van der Waals surface area (Å²) in [6.45, 7) is 2.71. The number of carbonyl (C=O) groups is 4. The topological polar surface area (TPSA) is 136 Å². The Morgan fingerprint density at radius 3 is 2.59 bits per heavy atom. The first-order valence-corrected chi connectivity index (χ1v) is 10.1. The van der Waals surface area contributed by atoms with Crippen LogP contribution in [-0.2, 0) is 33.4 Å². The number of esters is 3. The number of carbonyl (C=O) groups excluding carboxylic acids is 4. The Morgan fingerprint density at radius 1 is 1.19 bits per heavy atom. The molecule has 3 rings (SSSR count). The molecule has 32 heavy (non-hydrogen) atoms. The molecule has 0 amide bonds. The van der Waals surface area contributed by atoms with Crippen molar-refractivity contribution in [2.75, 3.05) is 0 Å². The average Bonchev–Trinajstić information content (AvgIpc) is 3.52. The van der Waals surface area contributed by atoms with E-state index in [2.05, 4.69) is 0 Å². The van der Waals surface area contributed by atoms with Crippen LogP contribution < -0.4 is 0 Å². The third-order valence-electron chi connectivity index (χ3n) is 5.29. The van der Waals surface area contributed by atoms with Gasteiger partial charge in [-0.05, 0) is 37.1 Å². The Bertz CT molecular complexity index is 978. The Labute approximate surface area is 184 Å². The zero-order chi connectivity index (χ0) is 23.4. The van der Waals surface area contributed by atoms with Crippen LogP contribution in [0, 0.1) is 11.8 Å². The van der Waals surface area contributed by atoms with Crippen molar-refractivity contribution in [3.8, 4) is 11.5 Å². The highest BCUT2D eigenvalue weighted by Gasteiger charge is 2.53. The highest BCUT2D eigenvalue weighted by Crippen LogP contribution is 2.46. The minimum Gasteiger partial charge on any atom is -0.504 e. The van der Waals surface area contributed by atoms with E-state index in [4.69, 9.17) is 14.2 Å². The molecule has 1 aliphatic heterocycles. The van der Waals surface area contributed by atoms with Crippen molar-refractivity contribution in [3.63, 3.8) is 0 Å². The molecule has 0 radical (unpaired) electrons. The summed E-state index contributed by atoms with van der Waals surface area (Å²) in [5.74, 6) is -3.55. The minimum atomic E-state index is -1.03. The number of phenols is 2. The summed E-state index contributed by atoms with van der Waals surface area (Å²) in [4.78, 5) is 47.9. The molecule has 1 aromatic rings. The fourth-order valence-electron chi connectivity index (χ4n) is 3.65. The molecule has 1 aromatic carbocycles. The second-order valence-electron chi connectivity index (χ2n) is 7.76. The first-order valence-electron chi connectivity index (χ1n) is 10.1. The summed E-state index contributed by atoms with van der Waals surface area (Å²) < 4.78 is 15.8. The van der Waals surface area contributed by atoms with E-state index in [-0.39, 0.29) is 23.2 Å². The summed E-state index contributed by atoms with van der Waals surface area (Å²) in [5.41, 5.74) is 0.457. The van der Waals surface area contributed by atoms with Crippen LogP contribution in [-0.4, -0.2) is 52.2 Å². The van der Waals surface area contributed by atoms with Crippen LogP contribution in [0.5, 0.6) is 11.5 Å². The number of hydrogen-bond donors (Lipinski definition) is 2. The summed E-state index contributed by atoms with van der Waals surface area (Å²) >= 11 is 0. The lowest BCUT2D eigenvalue weighted by Crippen LogP contribution is -2.38. The number of ether oxygens (including phenoxy) is 3. The SMILES string of the molecule is CC(=O)O[C@@H]([C@H]1C[C@@H]1C(=O)[C@@H](C)OC(=O)C=Cc1ccc(O)c(O)c1)[C@H]1CC=CC(=O)O1. The number of aromatic hydroxyl groups is 2. The highest BCUT2D eigenvalue weighted by atomic mass is 16.6. The minimum absolute atomic E-state index is 0.283. The van der Waals surface area contributed by atoms with Crippen LogP contribution >= 0.6 is 0 Å². The number of ketones is 1. The van der Waals surface area contributed by atoms with E-state index in [1.165, 1.54) is 44.2 Å². The molecule has 9 heteroatoms. The molecule has 1 aliphatic carbocycles. The van der Waals surface area contributed by atoms with Gasteiger partial charge >= 0.3 is 17.9 Å². The van der Waals surface area contributed by atoms with E-state index in [1.807, 2.05) is 0 Å². The van der Waals surface area contributed by atoms with Crippen molar-refractivity contribution < 1.29 is 43.6 Å².